The van der Waals surface area contributed by atoms with Gasteiger partial charge in [0, 0.05) is 17.7 Å². The van der Waals surface area contributed by atoms with E-state index in [0.29, 0.717) is 52.0 Å². The number of nitrogens with zero attached hydrogens (tertiary/aromatic N) is 3. The Balaban J connectivity index is 1.91. The minimum atomic E-state index is -4.50. The number of benzene rings is 3. The molecule has 39 heavy (non-hydrogen) atoms. The number of rotatable bonds is 10. The number of halogens is 3. The SMILES string of the molecule is COc1cc(-c2nc3ccc(OCC(C)N(C)C)cc3n2Cc2ccccc2C(F)(F)F)cc(OC)c1OC. The number of likely N-dealkylation sites (N-methyl/N-ethyl adjacent to an activating group) is 1. The van der Waals surface area contributed by atoms with Gasteiger partial charge in [-0.15, -0.1) is 0 Å². The lowest BCUT2D eigenvalue weighted by molar-refractivity contribution is -0.138. The standard InChI is InChI=1S/C29H32F3N3O4/c1-18(34(2)3)17-39-21-11-12-23-24(15-21)35(16-19-9-7-8-10-22(19)29(30,31)32)28(33-23)20-13-25(36-4)27(38-6)26(14-20)37-5/h7-15,18H,16-17H2,1-6H3. The summed E-state index contributed by atoms with van der Waals surface area (Å²) in [6.45, 7) is 2.42. The van der Waals surface area contributed by atoms with Crippen molar-refractivity contribution in [3.8, 4) is 34.4 Å². The molecule has 1 aromatic heterocycles. The van der Waals surface area contributed by atoms with Gasteiger partial charge in [-0.1, -0.05) is 18.2 Å². The summed E-state index contributed by atoms with van der Waals surface area (Å²) in [6, 6.07) is 14.6. The van der Waals surface area contributed by atoms with Crippen molar-refractivity contribution in [2.24, 2.45) is 0 Å². The summed E-state index contributed by atoms with van der Waals surface area (Å²) in [7, 11) is 8.44. The minimum absolute atomic E-state index is 0.0737. The molecule has 0 saturated heterocycles. The number of aromatic nitrogens is 2. The largest absolute Gasteiger partial charge is 0.493 e. The van der Waals surface area contributed by atoms with Crippen molar-refractivity contribution in [3.05, 3.63) is 65.7 Å². The maximum absolute atomic E-state index is 13.9. The van der Waals surface area contributed by atoms with Crippen molar-refractivity contribution in [2.45, 2.75) is 25.7 Å². The third kappa shape index (κ3) is 5.90. The number of hydrogen-bond donors (Lipinski definition) is 0. The van der Waals surface area contributed by atoms with Gasteiger partial charge in [0.2, 0.25) is 5.75 Å². The lowest BCUT2D eigenvalue weighted by atomic mass is 10.1. The lowest BCUT2D eigenvalue weighted by Crippen LogP contribution is -2.30. The van der Waals surface area contributed by atoms with Crippen molar-refractivity contribution >= 4 is 11.0 Å². The van der Waals surface area contributed by atoms with Crippen molar-refractivity contribution in [1.82, 2.24) is 14.5 Å². The second-order valence-electron chi connectivity index (χ2n) is 9.36. The minimum Gasteiger partial charge on any atom is -0.493 e. The van der Waals surface area contributed by atoms with Crippen LogP contribution in [0, 0.1) is 0 Å². The van der Waals surface area contributed by atoms with Crippen molar-refractivity contribution < 1.29 is 32.1 Å². The van der Waals surface area contributed by atoms with Crippen molar-refractivity contribution in [2.75, 3.05) is 42.0 Å². The predicted molar refractivity (Wildman–Crippen MR) is 144 cm³/mol. The number of hydrogen-bond acceptors (Lipinski definition) is 6. The molecule has 208 valence electrons. The van der Waals surface area contributed by atoms with E-state index >= 15 is 0 Å². The van der Waals surface area contributed by atoms with Gasteiger partial charge in [0.05, 0.1) is 44.5 Å². The normalized spacial score (nSPS) is 12.6. The van der Waals surface area contributed by atoms with Crippen LogP contribution in [0.25, 0.3) is 22.4 Å². The quantitative estimate of drug-likeness (QED) is 0.240. The first kappa shape index (κ1) is 28.1. The van der Waals surface area contributed by atoms with Gasteiger partial charge < -0.3 is 28.4 Å². The average Bonchev–Trinajstić information content (AvgIpc) is 3.27. The molecule has 0 bridgehead atoms. The summed E-state index contributed by atoms with van der Waals surface area (Å²) in [4.78, 5) is 6.85. The molecule has 0 radical (unpaired) electrons. The summed E-state index contributed by atoms with van der Waals surface area (Å²) >= 11 is 0. The van der Waals surface area contributed by atoms with E-state index < -0.39 is 11.7 Å². The lowest BCUT2D eigenvalue weighted by Gasteiger charge is -2.20. The monoisotopic (exact) mass is 543 g/mol. The van der Waals surface area contributed by atoms with Crippen LogP contribution < -0.4 is 18.9 Å². The summed E-state index contributed by atoms with van der Waals surface area (Å²) < 4.78 is 66.0. The Morgan fingerprint density at radius 3 is 2.18 bits per heavy atom. The van der Waals surface area contributed by atoms with Crippen LogP contribution in [0.1, 0.15) is 18.1 Å². The first-order valence-corrected chi connectivity index (χ1v) is 12.3. The second kappa shape index (κ2) is 11.4. The van der Waals surface area contributed by atoms with Gasteiger partial charge in [-0.2, -0.15) is 13.2 Å². The molecule has 7 nitrogen and oxygen atoms in total. The molecule has 0 N–H and O–H groups in total. The first-order valence-electron chi connectivity index (χ1n) is 12.3. The third-order valence-electron chi connectivity index (χ3n) is 6.67. The molecule has 3 aromatic carbocycles. The smallest absolute Gasteiger partial charge is 0.416 e. The van der Waals surface area contributed by atoms with E-state index in [1.807, 2.05) is 38.1 Å². The Labute approximate surface area is 225 Å². The van der Waals surface area contributed by atoms with Crippen LogP contribution in [-0.2, 0) is 12.7 Å². The average molecular weight is 544 g/mol. The molecule has 1 atom stereocenters. The van der Waals surface area contributed by atoms with Crippen LogP contribution in [0.3, 0.4) is 0 Å². The molecule has 1 unspecified atom stereocenters. The van der Waals surface area contributed by atoms with Gasteiger partial charge in [-0.3, -0.25) is 0 Å². The highest BCUT2D eigenvalue weighted by Crippen LogP contribution is 2.42. The van der Waals surface area contributed by atoms with Crippen LogP contribution >= 0.6 is 0 Å². The van der Waals surface area contributed by atoms with Gasteiger partial charge in [0.15, 0.2) is 11.5 Å². The van der Waals surface area contributed by atoms with Gasteiger partial charge in [0.25, 0.3) is 0 Å². The maximum Gasteiger partial charge on any atom is 0.416 e. The fraction of sp³-hybridized carbons (Fsp3) is 0.345. The molecule has 0 saturated carbocycles. The van der Waals surface area contributed by atoms with Crippen LogP contribution in [0.15, 0.2) is 54.6 Å². The summed E-state index contributed by atoms with van der Waals surface area (Å²) in [5.74, 6) is 2.25. The summed E-state index contributed by atoms with van der Waals surface area (Å²) in [5, 5.41) is 0. The zero-order valence-corrected chi connectivity index (χ0v) is 22.8. The van der Waals surface area contributed by atoms with Crippen LogP contribution in [0.2, 0.25) is 0 Å². The molecule has 4 rings (SSSR count). The molecule has 0 fully saturated rings. The molecule has 0 amide bonds. The highest BCUT2D eigenvalue weighted by molar-refractivity contribution is 5.83. The molecule has 10 heteroatoms. The Bertz CT molecular complexity index is 1420. The first-order chi connectivity index (χ1) is 18.6. The van der Waals surface area contributed by atoms with Crippen LogP contribution in [-0.4, -0.2) is 62.5 Å². The molecular formula is C29H32F3N3O4. The van der Waals surface area contributed by atoms with Gasteiger partial charge in [0.1, 0.15) is 18.2 Å². The van der Waals surface area contributed by atoms with Crippen LogP contribution in [0.4, 0.5) is 13.2 Å². The second-order valence-corrected chi connectivity index (χ2v) is 9.36. The molecule has 4 aromatic rings. The van der Waals surface area contributed by atoms with Crippen LogP contribution in [0.5, 0.6) is 23.0 Å². The van der Waals surface area contributed by atoms with Gasteiger partial charge in [-0.25, -0.2) is 4.98 Å². The molecule has 0 spiro atoms. The molecule has 1 heterocycles. The van der Waals surface area contributed by atoms with E-state index in [2.05, 4.69) is 0 Å². The van der Waals surface area contributed by atoms with Crippen molar-refractivity contribution in [3.63, 3.8) is 0 Å². The fourth-order valence-corrected chi connectivity index (χ4v) is 4.25. The Kier molecular flexibility index (Phi) is 8.25. The van der Waals surface area contributed by atoms with E-state index in [-0.39, 0.29) is 18.2 Å². The van der Waals surface area contributed by atoms with Gasteiger partial charge in [-0.05, 0) is 56.9 Å². The predicted octanol–water partition coefficient (Wildman–Crippen LogP) is 6.13. The Hall–Kier alpha value is -3.92. The zero-order chi connectivity index (χ0) is 28.3. The molecular weight excluding hydrogens is 511 g/mol. The van der Waals surface area contributed by atoms with E-state index in [9.17, 15) is 13.2 Å². The third-order valence-corrected chi connectivity index (χ3v) is 6.67. The topological polar surface area (TPSA) is 58.0 Å². The fourth-order valence-electron chi connectivity index (χ4n) is 4.25. The van der Waals surface area contributed by atoms with Crippen molar-refractivity contribution in [1.29, 1.82) is 0 Å². The molecule has 0 aliphatic carbocycles. The summed E-state index contributed by atoms with van der Waals surface area (Å²) in [6.07, 6.45) is -4.50. The number of fused-ring (bicyclic) bond motifs is 1. The highest BCUT2D eigenvalue weighted by Gasteiger charge is 2.33. The molecule has 0 aliphatic rings. The van der Waals surface area contributed by atoms with Gasteiger partial charge >= 0.3 is 6.18 Å². The summed E-state index contributed by atoms with van der Waals surface area (Å²) in [5.41, 5.74) is 1.25. The Morgan fingerprint density at radius 2 is 1.59 bits per heavy atom. The van der Waals surface area contributed by atoms with E-state index in [1.54, 1.807) is 28.8 Å². The number of ether oxygens (including phenoxy) is 4. The number of methoxy groups -OCH3 is 3. The zero-order valence-electron chi connectivity index (χ0n) is 22.8. The molecule has 0 aliphatic heterocycles. The van der Waals surface area contributed by atoms with E-state index in [1.165, 1.54) is 33.5 Å². The van der Waals surface area contributed by atoms with E-state index in [4.69, 9.17) is 23.9 Å². The highest BCUT2D eigenvalue weighted by atomic mass is 19.4. The number of imidazole rings is 1. The van der Waals surface area contributed by atoms with E-state index in [0.717, 1.165) is 6.07 Å². The Morgan fingerprint density at radius 1 is 0.923 bits per heavy atom. The number of alkyl halides is 3. The maximum atomic E-state index is 13.9.